The summed E-state index contributed by atoms with van der Waals surface area (Å²) in [6.07, 6.45) is 4.74. The van der Waals surface area contributed by atoms with E-state index in [0.29, 0.717) is 18.7 Å². The van der Waals surface area contributed by atoms with Crippen molar-refractivity contribution >= 4 is 11.9 Å². The van der Waals surface area contributed by atoms with Crippen molar-refractivity contribution in [3.63, 3.8) is 0 Å². The average molecular weight is 307 g/mol. The molecule has 0 aliphatic rings. The Morgan fingerprint density at radius 1 is 1.05 bits per heavy atom. The molecule has 5 heteroatoms. The highest BCUT2D eigenvalue weighted by molar-refractivity contribution is 5.93. The van der Waals surface area contributed by atoms with E-state index < -0.39 is 5.97 Å². The fourth-order valence-corrected chi connectivity index (χ4v) is 2.10. The molecule has 0 radical (unpaired) electrons. The number of unbranched alkanes of at least 4 members (excludes halogenated alkanes) is 4. The molecule has 0 bridgehead atoms. The number of carbonyl (C=O) groups is 2. The number of nitrogens with zero attached hydrogens (tertiary/aromatic N) is 1. The van der Waals surface area contributed by atoms with E-state index >= 15 is 0 Å². The number of aliphatic carboxylic acids is 1. The third-order valence-electron chi connectivity index (χ3n) is 3.32. The molecule has 0 aliphatic heterocycles. The van der Waals surface area contributed by atoms with E-state index in [4.69, 9.17) is 9.94 Å². The smallest absolute Gasteiger partial charge is 0.303 e. The normalized spacial score (nSPS) is 10.4. The number of hydrogen-bond donors (Lipinski definition) is 1. The molecule has 1 aromatic carbocycles. The Morgan fingerprint density at radius 3 is 2.32 bits per heavy atom. The minimum Gasteiger partial charge on any atom is -0.481 e. The molecule has 0 spiro atoms. The third kappa shape index (κ3) is 7.22. The number of carboxylic acid groups (broad SMARTS) is 1. The zero-order chi connectivity index (χ0) is 16.2. The molecule has 0 aliphatic carbocycles. The summed E-state index contributed by atoms with van der Waals surface area (Å²) in [6, 6.07) is 9.09. The van der Waals surface area contributed by atoms with Crippen molar-refractivity contribution in [2.45, 2.75) is 45.4 Å². The van der Waals surface area contributed by atoms with E-state index in [1.54, 1.807) is 12.1 Å². The van der Waals surface area contributed by atoms with Crippen LogP contribution in [-0.2, 0) is 9.63 Å². The monoisotopic (exact) mass is 307 g/mol. The molecule has 0 aromatic heterocycles. The van der Waals surface area contributed by atoms with Crippen molar-refractivity contribution in [1.82, 2.24) is 5.06 Å². The van der Waals surface area contributed by atoms with Crippen LogP contribution in [0.15, 0.2) is 30.3 Å². The summed E-state index contributed by atoms with van der Waals surface area (Å²) in [4.78, 5) is 28.1. The lowest BCUT2D eigenvalue weighted by atomic mass is 10.1. The first-order valence-corrected chi connectivity index (χ1v) is 7.86. The Bertz CT molecular complexity index is 447. The largest absolute Gasteiger partial charge is 0.481 e. The summed E-state index contributed by atoms with van der Waals surface area (Å²) in [7, 11) is 0. The molecule has 1 rings (SSSR count). The fraction of sp³-hybridized carbons (Fsp3) is 0.529. The molecule has 0 atom stereocenters. The Hall–Kier alpha value is -1.88. The Kier molecular flexibility index (Phi) is 8.91. The van der Waals surface area contributed by atoms with Gasteiger partial charge in [0, 0.05) is 18.5 Å². The van der Waals surface area contributed by atoms with E-state index in [-0.39, 0.29) is 12.3 Å². The van der Waals surface area contributed by atoms with Gasteiger partial charge >= 0.3 is 5.97 Å². The van der Waals surface area contributed by atoms with Crippen molar-refractivity contribution in [3.8, 4) is 0 Å². The van der Waals surface area contributed by atoms with Crippen LogP contribution >= 0.6 is 0 Å². The molecule has 0 fully saturated rings. The van der Waals surface area contributed by atoms with Gasteiger partial charge in [0.25, 0.3) is 5.91 Å². The van der Waals surface area contributed by atoms with Crippen LogP contribution in [0.4, 0.5) is 0 Å². The highest BCUT2D eigenvalue weighted by Gasteiger charge is 2.14. The minimum atomic E-state index is -0.735. The number of benzene rings is 1. The zero-order valence-corrected chi connectivity index (χ0v) is 13.2. The first-order chi connectivity index (χ1) is 10.6. The maximum Gasteiger partial charge on any atom is 0.303 e. The van der Waals surface area contributed by atoms with Crippen LogP contribution in [0, 0.1) is 0 Å². The summed E-state index contributed by atoms with van der Waals surface area (Å²) in [6.45, 7) is 2.89. The second-order valence-electron chi connectivity index (χ2n) is 5.11. The van der Waals surface area contributed by atoms with Crippen molar-refractivity contribution in [2.24, 2.45) is 0 Å². The summed E-state index contributed by atoms with van der Waals surface area (Å²) in [5.74, 6) is -0.856. The quantitative estimate of drug-likeness (QED) is 0.502. The van der Waals surface area contributed by atoms with Crippen LogP contribution in [-0.4, -0.2) is 35.2 Å². The first-order valence-electron chi connectivity index (χ1n) is 7.86. The number of carbonyl (C=O) groups excluding carboxylic acids is 1. The van der Waals surface area contributed by atoms with Gasteiger partial charge in [-0.1, -0.05) is 37.5 Å². The van der Waals surface area contributed by atoms with Gasteiger partial charge in [0.2, 0.25) is 0 Å². The first kappa shape index (κ1) is 18.2. The SMILES string of the molecule is CCN(OCCCCCCCC(=O)O)C(=O)c1ccccc1. The molecular formula is C17H25NO4. The summed E-state index contributed by atoms with van der Waals surface area (Å²) in [5, 5.41) is 9.92. The highest BCUT2D eigenvalue weighted by atomic mass is 16.7. The van der Waals surface area contributed by atoms with E-state index in [1.165, 1.54) is 5.06 Å². The van der Waals surface area contributed by atoms with Crippen molar-refractivity contribution in [3.05, 3.63) is 35.9 Å². The second-order valence-corrected chi connectivity index (χ2v) is 5.11. The Labute approximate surface area is 131 Å². The van der Waals surface area contributed by atoms with Crippen molar-refractivity contribution < 1.29 is 19.5 Å². The second kappa shape index (κ2) is 10.8. The molecule has 0 saturated heterocycles. The lowest BCUT2D eigenvalue weighted by Gasteiger charge is -2.20. The molecule has 1 aromatic rings. The molecule has 1 amide bonds. The predicted molar refractivity (Wildman–Crippen MR) is 84.4 cm³/mol. The Balaban J connectivity index is 2.16. The maximum absolute atomic E-state index is 12.2. The number of amides is 1. The zero-order valence-electron chi connectivity index (χ0n) is 13.2. The molecule has 0 heterocycles. The number of rotatable bonds is 11. The maximum atomic E-state index is 12.2. The van der Waals surface area contributed by atoms with Crippen molar-refractivity contribution in [1.29, 1.82) is 0 Å². The molecule has 0 unspecified atom stereocenters. The minimum absolute atomic E-state index is 0.121. The van der Waals surface area contributed by atoms with Crippen LogP contribution in [0.3, 0.4) is 0 Å². The molecule has 5 nitrogen and oxygen atoms in total. The van der Waals surface area contributed by atoms with Crippen LogP contribution in [0.5, 0.6) is 0 Å². The number of hydrogen-bond acceptors (Lipinski definition) is 3. The van der Waals surface area contributed by atoms with Crippen molar-refractivity contribution in [2.75, 3.05) is 13.2 Å². The standard InChI is InChI=1S/C17H25NO4/c1-2-18(17(21)15-11-7-6-8-12-15)22-14-10-5-3-4-9-13-16(19)20/h6-8,11-12H,2-5,9-10,13-14H2,1H3,(H,19,20). The van der Waals surface area contributed by atoms with Gasteiger partial charge in [0.1, 0.15) is 0 Å². The third-order valence-corrected chi connectivity index (χ3v) is 3.32. The fourth-order valence-electron chi connectivity index (χ4n) is 2.10. The summed E-state index contributed by atoms with van der Waals surface area (Å²) < 4.78 is 0. The van der Waals surface area contributed by atoms with Gasteiger partial charge in [-0.3, -0.25) is 14.4 Å². The van der Waals surface area contributed by atoms with E-state index in [2.05, 4.69) is 0 Å². The highest BCUT2D eigenvalue weighted by Crippen LogP contribution is 2.08. The van der Waals surface area contributed by atoms with E-state index in [9.17, 15) is 9.59 Å². The molecule has 22 heavy (non-hydrogen) atoms. The van der Waals surface area contributed by atoms with Gasteiger partial charge in [-0.2, -0.15) is 0 Å². The predicted octanol–water partition coefficient (Wildman–Crippen LogP) is 3.51. The van der Waals surface area contributed by atoms with Gasteiger partial charge in [0.15, 0.2) is 0 Å². The van der Waals surface area contributed by atoms with Crippen LogP contribution in [0.1, 0.15) is 55.8 Å². The summed E-state index contributed by atoms with van der Waals surface area (Å²) >= 11 is 0. The van der Waals surface area contributed by atoms with Gasteiger partial charge in [-0.05, 0) is 31.9 Å². The summed E-state index contributed by atoms with van der Waals surface area (Å²) in [5.41, 5.74) is 0.623. The van der Waals surface area contributed by atoms with Crippen LogP contribution < -0.4 is 0 Å². The molecule has 1 N–H and O–H groups in total. The number of carboxylic acids is 1. The average Bonchev–Trinajstić information content (AvgIpc) is 2.53. The molecular weight excluding hydrogens is 282 g/mol. The van der Waals surface area contributed by atoms with Gasteiger partial charge in [-0.25, -0.2) is 5.06 Å². The van der Waals surface area contributed by atoms with Gasteiger partial charge in [0.05, 0.1) is 6.61 Å². The molecule has 122 valence electrons. The Morgan fingerprint density at radius 2 is 1.68 bits per heavy atom. The topological polar surface area (TPSA) is 66.8 Å². The van der Waals surface area contributed by atoms with E-state index in [1.807, 2.05) is 25.1 Å². The van der Waals surface area contributed by atoms with Gasteiger partial charge in [-0.15, -0.1) is 0 Å². The van der Waals surface area contributed by atoms with E-state index in [0.717, 1.165) is 32.1 Å². The lowest BCUT2D eigenvalue weighted by Crippen LogP contribution is -2.31. The molecule has 0 saturated carbocycles. The van der Waals surface area contributed by atoms with Gasteiger partial charge < -0.3 is 5.11 Å². The lowest BCUT2D eigenvalue weighted by molar-refractivity contribution is -0.137. The van der Waals surface area contributed by atoms with Crippen LogP contribution in [0.25, 0.3) is 0 Å². The number of hydroxylamine groups is 2. The van der Waals surface area contributed by atoms with Crippen LogP contribution in [0.2, 0.25) is 0 Å².